The highest BCUT2D eigenvalue weighted by molar-refractivity contribution is 9.10. The Labute approximate surface area is 103 Å². The van der Waals surface area contributed by atoms with E-state index in [2.05, 4.69) is 69.1 Å². The maximum absolute atomic E-state index is 3.73. The first-order valence-corrected chi connectivity index (χ1v) is 6.90. The lowest BCUT2D eigenvalue weighted by Crippen LogP contribution is -2.01. The Morgan fingerprint density at radius 1 is 1.14 bits per heavy atom. The highest BCUT2D eigenvalue weighted by Crippen LogP contribution is 2.31. The number of rotatable bonds is 5. The van der Waals surface area contributed by atoms with Gasteiger partial charge in [0, 0.05) is 9.65 Å². The van der Waals surface area contributed by atoms with E-state index in [1.54, 1.807) is 0 Å². The maximum atomic E-state index is 3.73. The lowest BCUT2D eigenvalue weighted by molar-refractivity contribution is 0.690. The molecule has 0 N–H and O–H groups in total. The minimum Gasteiger partial charge on any atom is -0.0890 e. The van der Waals surface area contributed by atoms with Crippen LogP contribution in [0.4, 0.5) is 0 Å². The van der Waals surface area contributed by atoms with Crippen LogP contribution in [-0.4, -0.2) is 4.83 Å². The summed E-state index contributed by atoms with van der Waals surface area (Å²) in [7, 11) is 0. The van der Waals surface area contributed by atoms with Gasteiger partial charge in [-0.25, -0.2) is 0 Å². The summed E-state index contributed by atoms with van der Waals surface area (Å²) in [5.74, 6) is 0. The molecule has 0 nitrogen and oxygen atoms in total. The largest absolute Gasteiger partial charge is 0.0890 e. The minimum absolute atomic E-state index is 0.472. The van der Waals surface area contributed by atoms with E-state index < -0.39 is 0 Å². The van der Waals surface area contributed by atoms with Gasteiger partial charge in [-0.15, -0.1) is 0 Å². The zero-order chi connectivity index (χ0) is 10.4. The average molecular weight is 320 g/mol. The highest BCUT2D eigenvalue weighted by atomic mass is 79.9. The van der Waals surface area contributed by atoms with E-state index in [9.17, 15) is 0 Å². The van der Waals surface area contributed by atoms with Gasteiger partial charge in [0.2, 0.25) is 0 Å². The van der Waals surface area contributed by atoms with Crippen molar-refractivity contribution in [2.75, 3.05) is 0 Å². The van der Waals surface area contributed by atoms with Gasteiger partial charge in [0.1, 0.15) is 0 Å². The highest BCUT2D eigenvalue weighted by Gasteiger charge is 2.12. The molecule has 0 aromatic heterocycles. The second-order valence-electron chi connectivity index (χ2n) is 3.50. The van der Waals surface area contributed by atoms with Crippen molar-refractivity contribution < 1.29 is 0 Å². The molecule has 0 aliphatic heterocycles. The van der Waals surface area contributed by atoms with Crippen LogP contribution in [0, 0.1) is 0 Å². The first-order chi connectivity index (χ1) is 6.74. The lowest BCUT2D eigenvalue weighted by atomic mass is 10.1. The molecule has 0 amide bonds. The Hall–Kier alpha value is 0.180. The van der Waals surface area contributed by atoms with Crippen LogP contribution in [0.1, 0.15) is 36.6 Å². The topological polar surface area (TPSA) is 0 Å². The Morgan fingerprint density at radius 3 is 2.36 bits per heavy atom. The number of halogens is 2. The van der Waals surface area contributed by atoms with Gasteiger partial charge in [-0.3, -0.25) is 0 Å². The molecule has 14 heavy (non-hydrogen) atoms. The molecule has 0 aliphatic rings. The van der Waals surface area contributed by atoms with Crippen LogP contribution < -0.4 is 0 Å². The van der Waals surface area contributed by atoms with Crippen molar-refractivity contribution in [1.82, 2.24) is 0 Å². The third-order valence-corrected chi connectivity index (χ3v) is 3.96. The second kappa shape index (κ2) is 6.62. The molecule has 0 radical (unpaired) electrons. The molecule has 1 aromatic rings. The summed E-state index contributed by atoms with van der Waals surface area (Å²) in [5.41, 5.74) is 1.37. The van der Waals surface area contributed by atoms with Crippen molar-refractivity contribution in [1.29, 1.82) is 0 Å². The smallest absolute Gasteiger partial charge is 0.0405 e. The number of hydrogen-bond donors (Lipinski definition) is 0. The summed E-state index contributed by atoms with van der Waals surface area (Å²) in [6.45, 7) is 2.22. The molecule has 0 bridgehead atoms. The third kappa shape index (κ3) is 4.14. The maximum Gasteiger partial charge on any atom is 0.0405 e. The van der Waals surface area contributed by atoms with Crippen LogP contribution in [0.25, 0.3) is 0 Å². The zero-order valence-electron chi connectivity index (χ0n) is 8.42. The van der Waals surface area contributed by atoms with Gasteiger partial charge in [0.25, 0.3) is 0 Å². The molecule has 78 valence electrons. The van der Waals surface area contributed by atoms with E-state index in [1.807, 2.05) is 0 Å². The monoisotopic (exact) mass is 318 g/mol. The minimum atomic E-state index is 0.472. The zero-order valence-corrected chi connectivity index (χ0v) is 11.6. The van der Waals surface area contributed by atoms with Gasteiger partial charge in [0.05, 0.1) is 0 Å². The number of benzene rings is 1. The van der Waals surface area contributed by atoms with Crippen molar-refractivity contribution in [3.8, 4) is 0 Å². The van der Waals surface area contributed by atoms with Crippen LogP contribution >= 0.6 is 31.9 Å². The van der Waals surface area contributed by atoms with Crippen LogP contribution in [0.15, 0.2) is 30.3 Å². The molecular formula is C12H16Br2. The van der Waals surface area contributed by atoms with Crippen LogP contribution in [-0.2, 0) is 0 Å². The van der Waals surface area contributed by atoms with E-state index in [-0.39, 0.29) is 0 Å². The van der Waals surface area contributed by atoms with E-state index in [0.717, 1.165) is 6.42 Å². The Bertz CT molecular complexity index is 246. The fraction of sp³-hybridized carbons (Fsp3) is 0.500. The number of alkyl halides is 2. The molecule has 2 heteroatoms. The average Bonchev–Trinajstić information content (AvgIpc) is 2.19. The summed E-state index contributed by atoms with van der Waals surface area (Å²) in [6.07, 6.45) is 3.64. The molecular weight excluding hydrogens is 304 g/mol. The summed E-state index contributed by atoms with van der Waals surface area (Å²) in [4.78, 5) is 1.09. The fourth-order valence-corrected chi connectivity index (χ4v) is 3.54. The summed E-state index contributed by atoms with van der Waals surface area (Å²) in [6, 6.07) is 10.6. The van der Waals surface area contributed by atoms with Crippen molar-refractivity contribution in [2.24, 2.45) is 0 Å². The van der Waals surface area contributed by atoms with Gasteiger partial charge in [-0.1, -0.05) is 75.5 Å². The van der Waals surface area contributed by atoms with Gasteiger partial charge < -0.3 is 0 Å². The molecule has 2 unspecified atom stereocenters. The third-order valence-electron chi connectivity index (χ3n) is 2.23. The molecule has 1 rings (SSSR count). The quantitative estimate of drug-likeness (QED) is 0.664. The Balaban J connectivity index is 2.46. The number of hydrogen-bond acceptors (Lipinski definition) is 0. The van der Waals surface area contributed by atoms with Gasteiger partial charge in [0.15, 0.2) is 0 Å². The molecule has 0 saturated heterocycles. The van der Waals surface area contributed by atoms with E-state index in [1.165, 1.54) is 18.4 Å². The summed E-state index contributed by atoms with van der Waals surface area (Å²) < 4.78 is 0. The van der Waals surface area contributed by atoms with Crippen LogP contribution in [0.3, 0.4) is 0 Å². The van der Waals surface area contributed by atoms with Crippen LogP contribution in [0.5, 0.6) is 0 Å². The first kappa shape index (κ1) is 12.3. The van der Waals surface area contributed by atoms with Gasteiger partial charge >= 0.3 is 0 Å². The summed E-state index contributed by atoms with van der Waals surface area (Å²) in [5, 5.41) is 0. The molecule has 2 atom stereocenters. The van der Waals surface area contributed by atoms with E-state index in [0.29, 0.717) is 9.65 Å². The van der Waals surface area contributed by atoms with E-state index >= 15 is 0 Å². The predicted octanol–water partition coefficient (Wildman–Crippen LogP) is 5.08. The van der Waals surface area contributed by atoms with Crippen LogP contribution in [0.2, 0.25) is 0 Å². The molecule has 1 aromatic carbocycles. The Morgan fingerprint density at radius 2 is 1.79 bits per heavy atom. The predicted molar refractivity (Wildman–Crippen MR) is 70.4 cm³/mol. The molecule has 0 spiro atoms. The SMILES string of the molecule is CCCC(Br)CC(Br)c1ccccc1. The molecule has 0 heterocycles. The fourth-order valence-electron chi connectivity index (χ4n) is 1.45. The van der Waals surface area contributed by atoms with E-state index in [4.69, 9.17) is 0 Å². The lowest BCUT2D eigenvalue weighted by Gasteiger charge is -2.14. The van der Waals surface area contributed by atoms with Crippen molar-refractivity contribution in [3.05, 3.63) is 35.9 Å². The van der Waals surface area contributed by atoms with Gasteiger partial charge in [-0.05, 0) is 18.4 Å². The first-order valence-electron chi connectivity index (χ1n) is 5.07. The Kier molecular flexibility index (Phi) is 5.80. The van der Waals surface area contributed by atoms with Crippen molar-refractivity contribution in [3.63, 3.8) is 0 Å². The second-order valence-corrected chi connectivity index (χ2v) is 5.90. The molecule has 0 aliphatic carbocycles. The summed E-state index contributed by atoms with van der Waals surface area (Å²) >= 11 is 7.43. The normalized spacial score (nSPS) is 15.1. The van der Waals surface area contributed by atoms with Crippen molar-refractivity contribution >= 4 is 31.9 Å². The molecule has 0 saturated carbocycles. The standard InChI is InChI=1S/C12H16Br2/c1-2-6-11(13)9-12(14)10-7-4-3-5-8-10/h3-5,7-8,11-12H,2,6,9H2,1H3. The van der Waals surface area contributed by atoms with Crippen molar-refractivity contribution in [2.45, 2.75) is 35.8 Å². The van der Waals surface area contributed by atoms with Gasteiger partial charge in [-0.2, -0.15) is 0 Å². The molecule has 0 fully saturated rings.